The molecule has 2 rings (SSSR count). The SMILES string of the molecule is Cc1ccccc1C1(C(=O)NCC(C)CC(=O)O)CCCCC1. The van der Waals surface area contributed by atoms with Crippen LogP contribution in [-0.2, 0) is 15.0 Å². The molecule has 0 saturated heterocycles. The van der Waals surface area contributed by atoms with Gasteiger partial charge in [0.2, 0.25) is 5.91 Å². The van der Waals surface area contributed by atoms with E-state index in [-0.39, 0.29) is 18.2 Å². The summed E-state index contributed by atoms with van der Waals surface area (Å²) in [6.07, 6.45) is 5.13. The van der Waals surface area contributed by atoms with E-state index < -0.39 is 11.4 Å². The summed E-state index contributed by atoms with van der Waals surface area (Å²) >= 11 is 0. The second-order valence-electron chi connectivity index (χ2n) is 6.87. The summed E-state index contributed by atoms with van der Waals surface area (Å²) in [5, 5.41) is 11.9. The van der Waals surface area contributed by atoms with Gasteiger partial charge in [-0.25, -0.2) is 0 Å². The minimum atomic E-state index is -0.821. The Kier molecular flexibility index (Phi) is 5.80. The molecule has 23 heavy (non-hydrogen) atoms. The number of carbonyl (C=O) groups excluding carboxylic acids is 1. The highest BCUT2D eigenvalue weighted by molar-refractivity contribution is 5.88. The van der Waals surface area contributed by atoms with Crippen molar-refractivity contribution in [3.05, 3.63) is 35.4 Å². The van der Waals surface area contributed by atoms with Crippen LogP contribution in [0.15, 0.2) is 24.3 Å². The Morgan fingerprint density at radius 2 is 1.87 bits per heavy atom. The highest BCUT2D eigenvalue weighted by atomic mass is 16.4. The summed E-state index contributed by atoms with van der Waals surface area (Å²) in [7, 11) is 0. The van der Waals surface area contributed by atoms with E-state index in [1.807, 2.05) is 19.1 Å². The van der Waals surface area contributed by atoms with Crippen molar-refractivity contribution in [1.82, 2.24) is 5.32 Å². The lowest BCUT2D eigenvalue weighted by Gasteiger charge is -2.37. The zero-order valence-electron chi connectivity index (χ0n) is 14.1. The van der Waals surface area contributed by atoms with E-state index in [9.17, 15) is 9.59 Å². The van der Waals surface area contributed by atoms with E-state index in [4.69, 9.17) is 5.11 Å². The maximum absolute atomic E-state index is 13.0. The summed E-state index contributed by atoms with van der Waals surface area (Å²) in [6.45, 7) is 4.33. The number of rotatable bonds is 6. The van der Waals surface area contributed by atoms with Crippen molar-refractivity contribution in [2.75, 3.05) is 6.54 Å². The smallest absolute Gasteiger partial charge is 0.303 e. The number of aliphatic carboxylic acids is 1. The van der Waals surface area contributed by atoms with Crippen LogP contribution < -0.4 is 5.32 Å². The third kappa shape index (κ3) is 4.12. The molecule has 1 atom stereocenters. The van der Waals surface area contributed by atoms with Gasteiger partial charge >= 0.3 is 5.97 Å². The first kappa shape index (κ1) is 17.5. The molecular formula is C19H27NO3. The first-order valence-corrected chi connectivity index (χ1v) is 8.52. The molecule has 0 aliphatic heterocycles. The molecule has 0 heterocycles. The van der Waals surface area contributed by atoms with Crippen molar-refractivity contribution in [2.24, 2.45) is 5.92 Å². The fourth-order valence-electron chi connectivity index (χ4n) is 3.69. The summed E-state index contributed by atoms with van der Waals surface area (Å²) in [5.74, 6) is -0.823. The lowest BCUT2D eigenvalue weighted by atomic mass is 9.67. The van der Waals surface area contributed by atoms with Crippen LogP contribution >= 0.6 is 0 Å². The second-order valence-corrected chi connectivity index (χ2v) is 6.87. The summed E-state index contributed by atoms with van der Waals surface area (Å²) in [5.41, 5.74) is 1.83. The van der Waals surface area contributed by atoms with E-state index in [0.717, 1.165) is 36.8 Å². The number of benzene rings is 1. The van der Waals surface area contributed by atoms with Crippen molar-refractivity contribution in [3.63, 3.8) is 0 Å². The van der Waals surface area contributed by atoms with Gasteiger partial charge in [0, 0.05) is 13.0 Å². The van der Waals surface area contributed by atoms with Gasteiger partial charge in [0.25, 0.3) is 0 Å². The van der Waals surface area contributed by atoms with Gasteiger partial charge in [0.15, 0.2) is 0 Å². The largest absolute Gasteiger partial charge is 0.481 e. The average Bonchev–Trinajstić information content (AvgIpc) is 2.53. The molecule has 1 aromatic carbocycles. The Bertz CT molecular complexity index is 561. The van der Waals surface area contributed by atoms with Crippen LogP contribution in [0.5, 0.6) is 0 Å². The van der Waals surface area contributed by atoms with Gasteiger partial charge in [-0.1, -0.05) is 50.5 Å². The second kappa shape index (κ2) is 7.62. The molecule has 1 unspecified atom stereocenters. The molecule has 2 N–H and O–H groups in total. The predicted octanol–water partition coefficient (Wildman–Crippen LogP) is 3.42. The molecule has 1 aliphatic carbocycles. The van der Waals surface area contributed by atoms with Crippen molar-refractivity contribution < 1.29 is 14.7 Å². The molecule has 0 aromatic heterocycles. The van der Waals surface area contributed by atoms with Crippen LogP contribution in [0.3, 0.4) is 0 Å². The van der Waals surface area contributed by atoms with Gasteiger partial charge in [-0.05, 0) is 36.8 Å². The molecule has 1 fully saturated rings. The van der Waals surface area contributed by atoms with Crippen molar-refractivity contribution in [2.45, 2.75) is 57.8 Å². The fourth-order valence-corrected chi connectivity index (χ4v) is 3.69. The molecule has 126 valence electrons. The summed E-state index contributed by atoms with van der Waals surface area (Å²) in [4.78, 5) is 23.8. The van der Waals surface area contributed by atoms with Gasteiger partial charge < -0.3 is 10.4 Å². The zero-order chi connectivity index (χ0) is 16.9. The number of aryl methyl sites for hydroxylation is 1. The highest BCUT2D eigenvalue weighted by Crippen LogP contribution is 2.41. The van der Waals surface area contributed by atoms with Crippen LogP contribution in [-0.4, -0.2) is 23.5 Å². The predicted molar refractivity (Wildman–Crippen MR) is 90.4 cm³/mol. The highest BCUT2D eigenvalue weighted by Gasteiger charge is 2.41. The Balaban J connectivity index is 2.17. The molecule has 1 aliphatic rings. The molecule has 0 radical (unpaired) electrons. The number of carbonyl (C=O) groups is 2. The molecule has 4 nitrogen and oxygen atoms in total. The van der Waals surface area contributed by atoms with Crippen molar-refractivity contribution in [1.29, 1.82) is 0 Å². The molecule has 1 aromatic rings. The van der Waals surface area contributed by atoms with E-state index >= 15 is 0 Å². The van der Waals surface area contributed by atoms with Crippen LogP contribution in [0, 0.1) is 12.8 Å². The number of nitrogens with one attached hydrogen (secondary N) is 1. The monoisotopic (exact) mass is 317 g/mol. The standard InChI is InChI=1S/C19H27NO3/c1-14(12-17(21)22)13-20-18(23)19(10-6-3-7-11-19)16-9-5-4-8-15(16)2/h4-5,8-9,14H,3,6-7,10-13H2,1-2H3,(H,20,23)(H,21,22). The Morgan fingerprint density at radius 3 is 2.48 bits per heavy atom. The number of amides is 1. The normalized spacial score (nSPS) is 18.2. The fraction of sp³-hybridized carbons (Fsp3) is 0.579. The van der Waals surface area contributed by atoms with Gasteiger partial charge in [0.05, 0.1) is 5.41 Å². The van der Waals surface area contributed by atoms with Gasteiger partial charge in [0.1, 0.15) is 0 Å². The van der Waals surface area contributed by atoms with Crippen molar-refractivity contribution in [3.8, 4) is 0 Å². The molecule has 0 bridgehead atoms. The first-order valence-electron chi connectivity index (χ1n) is 8.52. The third-order valence-corrected chi connectivity index (χ3v) is 4.94. The molecule has 0 spiro atoms. The molecule has 4 heteroatoms. The molecular weight excluding hydrogens is 290 g/mol. The lowest BCUT2D eigenvalue weighted by molar-refractivity contribution is -0.138. The minimum absolute atomic E-state index is 0.0590. The zero-order valence-corrected chi connectivity index (χ0v) is 14.1. The van der Waals surface area contributed by atoms with E-state index in [1.54, 1.807) is 0 Å². The van der Waals surface area contributed by atoms with Gasteiger partial charge in [-0.3, -0.25) is 9.59 Å². The average molecular weight is 317 g/mol. The molecule has 1 amide bonds. The van der Waals surface area contributed by atoms with Gasteiger partial charge in [-0.2, -0.15) is 0 Å². The van der Waals surface area contributed by atoms with Crippen LogP contribution in [0.1, 0.15) is 56.6 Å². The third-order valence-electron chi connectivity index (χ3n) is 4.94. The Labute approximate surface area is 138 Å². The number of hydrogen-bond donors (Lipinski definition) is 2. The van der Waals surface area contributed by atoms with E-state index in [1.165, 1.54) is 6.42 Å². The summed E-state index contributed by atoms with van der Waals surface area (Å²) < 4.78 is 0. The van der Waals surface area contributed by atoms with Crippen LogP contribution in [0.4, 0.5) is 0 Å². The van der Waals surface area contributed by atoms with Gasteiger partial charge in [-0.15, -0.1) is 0 Å². The maximum atomic E-state index is 13.0. The minimum Gasteiger partial charge on any atom is -0.481 e. The lowest BCUT2D eigenvalue weighted by Crippen LogP contribution is -2.47. The number of hydrogen-bond acceptors (Lipinski definition) is 2. The van der Waals surface area contributed by atoms with E-state index in [2.05, 4.69) is 24.4 Å². The van der Waals surface area contributed by atoms with Crippen molar-refractivity contribution >= 4 is 11.9 Å². The van der Waals surface area contributed by atoms with Crippen LogP contribution in [0.25, 0.3) is 0 Å². The Hall–Kier alpha value is -1.84. The Morgan fingerprint density at radius 1 is 1.22 bits per heavy atom. The number of carboxylic acid groups (broad SMARTS) is 1. The quantitative estimate of drug-likeness (QED) is 0.845. The maximum Gasteiger partial charge on any atom is 0.303 e. The number of carboxylic acids is 1. The summed E-state index contributed by atoms with van der Waals surface area (Å²) in [6, 6.07) is 8.13. The first-order chi connectivity index (χ1) is 11.0. The molecule has 1 saturated carbocycles. The topological polar surface area (TPSA) is 66.4 Å². The van der Waals surface area contributed by atoms with E-state index in [0.29, 0.717) is 6.54 Å². The van der Waals surface area contributed by atoms with Crippen LogP contribution in [0.2, 0.25) is 0 Å².